The van der Waals surface area contributed by atoms with Gasteiger partial charge in [-0.2, -0.15) is 0 Å². The summed E-state index contributed by atoms with van der Waals surface area (Å²) in [5, 5.41) is 6.02. The number of benzene rings is 2. The normalized spacial score (nSPS) is 27.2. The molecule has 2 aromatic carbocycles. The van der Waals surface area contributed by atoms with Crippen molar-refractivity contribution < 1.29 is 14.4 Å². The van der Waals surface area contributed by atoms with E-state index in [1.54, 1.807) is 23.9 Å². The van der Waals surface area contributed by atoms with Crippen LogP contribution in [0.15, 0.2) is 60.7 Å². The van der Waals surface area contributed by atoms with Crippen LogP contribution in [0, 0.1) is 0 Å². The van der Waals surface area contributed by atoms with Gasteiger partial charge in [-0.05, 0) is 12.8 Å². The Morgan fingerprint density at radius 3 is 1.55 bits per heavy atom. The molecule has 3 fully saturated rings. The van der Waals surface area contributed by atoms with E-state index in [1.807, 2.05) is 60.7 Å². The second-order valence-electron chi connectivity index (χ2n) is 8.23. The molecular weight excluding hydrogens is 392 g/mol. The summed E-state index contributed by atoms with van der Waals surface area (Å²) in [6.45, 7) is 0. The molecule has 4 amide bonds. The number of likely N-dealkylation sites (N-methyl/N-ethyl adjacent to an activating group) is 2. The third-order valence-corrected chi connectivity index (χ3v) is 6.49. The van der Waals surface area contributed by atoms with Crippen molar-refractivity contribution in [2.45, 2.75) is 43.4 Å². The summed E-state index contributed by atoms with van der Waals surface area (Å²) in [4.78, 5) is 38.9. The van der Waals surface area contributed by atoms with Gasteiger partial charge in [0.15, 0.2) is 11.3 Å². The standard InChI is InChI=1S/C18H18N4O2.C6H10O/c1-21-15(23)19-17(13-9-5-3-6-10-13)18(21,22(2)16(24)20-17)14-11-7-4-8-12-14;7-6-4-2-1-3-5-6/h3-12H,1-2H3,(H,19,23)(H,20,24);1-5H2. The number of hydrogen-bond acceptors (Lipinski definition) is 3. The van der Waals surface area contributed by atoms with Crippen LogP contribution in [0.25, 0.3) is 0 Å². The Morgan fingerprint density at radius 2 is 1.13 bits per heavy atom. The number of Topliss-reactive ketones (excluding diaryl/α,β-unsaturated/α-hetero) is 1. The predicted octanol–water partition coefficient (Wildman–Crippen LogP) is 3.52. The number of nitrogens with zero attached hydrogens (tertiary/aromatic N) is 2. The van der Waals surface area contributed by atoms with E-state index in [4.69, 9.17) is 0 Å². The summed E-state index contributed by atoms with van der Waals surface area (Å²) in [7, 11) is 3.42. The summed E-state index contributed by atoms with van der Waals surface area (Å²) in [6, 6.07) is 18.7. The van der Waals surface area contributed by atoms with Crippen molar-refractivity contribution >= 4 is 17.8 Å². The molecule has 0 radical (unpaired) electrons. The Balaban J connectivity index is 0.000000282. The molecule has 5 rings (SSSR count). The molecule has 7 heteroatoms. The first-order valence-corrected chi connectivity index (χ1v) is 10.7. The summed E-state index contributed by atoms with van der Waals surface area (Å²) in [6.07, 6.45) is 5.24. The van der Waals surface area contributed by atoms with Gasteiger partial charge < -0.3 is 10.6 Å². The van der Waals surface area contributed by atoms with E-state index in [1.165, 1.54) is 6.42 Å². The number of hydrogen-bond donors (Lipinski definition) is 2. The molecule has 31 heavy (non-hydrogen) atoms. The Morgan fingerprint density at radius 1 is 0.677 bits per heavy atom. The van der Waals surface area contributed by atoms with Crippen LogP contribution < -0.4 is 10.6 Å². The zero-order valence-corrected chi connectivity index (χ0v) is 17.9. The molecule has 2 aliphatic heterocycles. The van der Waals surface area contributed by atoms with E-state index >= 15 is 0 Å². The Labute approximate surface area is 182 Å². The summed E-state index contributed by atoms with van der Waals surface area (Å²) in [5.41, 5.74) is -0.378. The summed E-state index contributed by atoms with van der Waals surface area (Å²) in [5.74, 6) is 0.464. The predicted molar refractivity (Wildman–Crippen MR) is 117 cm³/mol. The monoisotopic (exact) mass is 420 g/mol. The van der Waals surface area contributed by atoms with Crippen molar-refractivity contribution in [1.82, 2.24) is 20.4 Å². The highest BCUT2D eigenvalue weighted by atomic mass is 16.2. The van der Waals surface area contributed by atoms with E-state index in [2.05, 4.69) is 10.6 Å². The van der Waals surface area contributed by atoms with Gasteiger partial charge in [-0.25, -0.2) is 9.59 Å². The lowest BCUT2D eigenvalue weighted by Crippen LogP contribution is -2.61. The molecule has 2 N–H and O–H groups in total. The lowest BCUT2D eigenvalue weighted by atomic mass is 9.81. The molecule has 2 heterocycles. The van der Waals surface area contributed by atoms with Gasteiger partial charge in [0.2, 0.25) is 0 Å². The highest BCUT2D eigenvalue weighted by Crippen LogP contribution is 2.52. The molecule has 0 atom stereocenters. The first kappa shape index (κ1) is 20.9. The average Bonchev–Trinajstić information content (AvgIpc) is 3.16. The average molecular weight is 421 g/mol. The lowest BCUT2D eigenvalue weighted by Gasteiger charge is -2.44. The second-order valence-corrected chi connectivity index (χ2v) is 8.23. The number of carbonyl (C=O) groups excluding carboxylic acids is 3. The first-order chi connectivity index (χ1) is 14.9. The number of fused-ring (bicyclic) bond motifs is 1. The fraction of sp³-hybridized carbons (Fsp3) is 0.375. The number of urea groups is 2. The minimum atomic E-state index is -1.06. The third kappa shape index (κ3) is 3.15. The van der Waals surface area contributed by atoms with Crippen LogP contribution in [0.4, 0.5) is 9.59 Å². The first-order valence-electron chi connectivity index (χ1n) is 10.7. The minimum absolute atomic E-state index is 0.241. The SMILES string of the molecule is CN1C(=O)NC2(c3ccccc3)NC(=O)N(C)C12c1ccccc1.O=C1CCCCC1. The number of carbonyl (C=O) groups is 3. The minimum Gasteiger partial charge on any atom is -0.307 e. The van der Waals surface area contributed by atoms with Gasteiger partial charge in [0, 0.05) is 38.1 Å². The van der Waals surface area contributed by atoms with Gasteiger partial charge in [-0.15, -0.1) is 0 Å². The largest absolute Gasteiger partial charge is 0.321 e. The van der Waals surface area contributed by atoms with Gasteiger partial charge in [0.05, 0.1) is 0 Å². The fourth-order valence-electron chi connectivity index (χ4n) is 4.97. The fourth-order valence-corrected chi connectivity index (χ4v) is 4.97. The number of nitrogens with one attached hydrogen (secondary N) is 2. The van der Waals surface area contributed by atoms with Crippen LogP contribution in [-0.2, 0) is 16.1 Å². The maximum absolute atomic E-state index is 12.6. The van der Waals surface area contributed by atoms with Crippen molar-refractivity contribution in [1.29, 1.82) is 0 Å². The quantitative estimate of drug-likeness (QED) is 0.780. The molecule has 3 aliphatic rings. The van der Waals surface area contributed by atoms with Gasteiger partial charge in [-0.1, -0.05) is 67.1 Å². The Bertz CT molecular complexity index is 945. The third-order valence-electron chi connectivity index (χ3n) is 6.49. The van der Waals surface area contributed by atoms with E-state index in [0.717, 1.165) is 36.8 Å². The van der Waals surface area contributed by atoms with Crippen LogP contribution in [0.2, 0.25) is 0 Å². The van der Waals surface area contributed by atoms with Crippen molar-refractivity contribution in [2.75, 3.05) is 14.1 Å². The van der Waals surface area contributed by atoms with Gasteiger partial charge in [0.25, 0.3) is 0 Å². The topological polar surface area (TPSA) is 81.8 Å². The molecule has 2 saturated heterocycles. The maximum atomic E-state index is 12.6. The van der Waals surface area contributed by atoms with Crippen LogP contribution in [0.3, 0.4) is 0 Å². The summed E-state index contributed by atoms with van der Waals surface area (Å²) < 4.78 is 0. The maximum Gasteiger partial charge on any atom is 0.321 e. The van der Waals surface area contributed by atoms with Crippen molar-refractivity contribution in [3.8, 4) is 0 Å². The molecule has 2 aromatic rings. The molecule has 7 nitrogen and oxygen atoms in total. The molecule has 0 aromatic heterocycles. The zero-order chi connectivity index (χ0) is 22.1. The van der Waals surface area contributed by atoms with Crippen molar-refractivity contribution in [2.24, 2.45) is 0 Å². The van der Waals surface area contributed by atoms with Crippen molar-refractivity contribution in [3.63, 3.8) is 0 Å². The molecule has 1 aliphatic carbocycles. The highest BCUT2D eigenvalue weighted by molar-refractivity contribution is 5.89. The molecule has 0 spiro atoms. The van der Waals surface area contributed by atoms with Crippen LogP contribution in [0.1, 0.15) is 43.2 Å². The molecule has 162 valence electrons. The molecule has 0 bridgehead atoms. The van der Waals surface area contributed by atoms with Crippen LogP contribution in [-0.4, -0.2) is 41.7 Å². The van der Waals surface area contributed by atoms with Gasteiger partial charge in [0.1, 0.15) is 5.78 Å². The van der Waals surface area contributed by atoms with E-state index in [-0.39, 0.29) is 12.1 Å². The van der Waals surface area contributed by atoms with Gasteiger partial charge >= 0.3 is 12.1 Å². The van der Waals surface area contributed by atoms with Crippen LogP contribution >= 0.6 is 0 Å². The van der Waals surface area contributed by atoms with Gasteiger partial charge in [-0.3, -0.25) is 14.6 Å². The number of amides is 4. The number of ketones is 1. The van der Waals surface area contributed by atoms with E-state index in [0.29, 0.717) is 5.78 Å². The van der Waals surface area contributed by atoms with E-state index < -0.39 is 11.3 Å². The smallest absolute Gasteiger partial charge is 0.307 e. The van der Waals surface area contributed by atoms with E-state index in [9.17, 15) is 14.4 Å². The highest BCUT2D eigenvalue weighted by Gasteiger charge is 2.72. The second kappa shape index (κ2) is 8.06. The summed E-state index contributed by atoms with van der Waals surface area (Å²) >= 11 is 0. The zero-order valence-electron chi connectivity index (χ0n) is 17.9. The molecule has 1 saturated carbocycles. The van der Waals surface area contributed by atoms with Crippen LogP contribution in [0.5, 0.6) is 0 Å². The van der Waals surface area contributed by atoms with Crippen molar-refractivity contribution in [3.05, 3.63) is 71.8 Å². The lowest BCUT2D eigenvalue weighted by molar-refractivity contribution is -0.120. The molecule has 0 unspecified atom stereocenters. The Hall–Kier alpha value is -3.35. The Kier molecular flexibility index (Phi) is 5.43. The number of rotatable bonds is 2. The molecular formula is C24H28N4O3.